The molecule has 6 heteroatoms. The standard InChI is InChI=1S/C28H26ClN3OS/c1-18-8-10-19(11-9-18)26-24-6-4-16-31(24)27-23(22-5-2-3-7-25(22)34-27)17-32(26)28(33)30-21-14-12-20(29)13-15-21/h4,6,8-16,26H,2-3,5,7,17H2,1H3,(H,30,33)/t26-/m1/s1. The third-order valence-electron chi connectivity index (χ3n) is 6.93. The van der Waals surface area contributed by atoms with Crippen LogP contribution in [-0.2, 0) is 19.4 Å². The Kier molecular flexibility index (Phi) is 5.47. The lowest BCUT2D eigenvalue weighted by atomic mass is 9.95. The zero-order valence-corrected chi connectivity index (χ0v) is 20.6. The molecule has 3 heterocycles. The number of rotatable bonds is 2. The summed E-state index contributed by atoms with van der Waals surface area (Å²) in [6.45, 7) is 2.68. The second-order valence-corrected chi connectivity index (χ2v) is 10.7. The number of hydrogen-bond donors (Lipinski definition) is 1. The van der Waals surface area contributed by atoms with Crippen LogP contribution in [-0.4, -0.2) is 15.5 Å². The molecule has 2 aliphatic rings. The Morgan fingerprint density at radius 2 is 1.76 bits per heavy atom. The Bertz CT molecular complexity index is 1350. The van der Waals surface area contributed by atoms with Crippen LogP contribution < -0.4 is 5.32 Å². The van der Waals surface area contributed by atoms with E-state index in [1.807, 2.05) is 28.4 Å². The van der Waals surface area contributed by atoms with E-state index < -0.39 is 0 Å². The first kappa shape index (κ1) is 21.5. The van der Waals surface area contributed by atoms with Crippen molar-refractivity contribution in [3.8, 4) is 5.00 Å². The molecule has 0 bridgehead atoms. The monoisotopic (exact) mass is 487 g/mol. The molecule has 0 fully saturated rings. The summed E-state index contributed by atoms with van der Waals surface area (Å²) in [6, 6.07) is 19.8. The molecule has 6 rings (SSSR count). The predicted molar refractivity (Wildman–Crippen MR) is 139 cm³/mol. The molecule has 0 radical (unpaired) electrons. The van der Waals surface area contributed by atoms with Crippen molar-refractivity contribution >= 4 is 34.7 Å². The van der Waals surface area contributed by atoms with E-state index in [0.29, 0.717) is 11.6 Å². The van der Waals surface area contributed by atoms with E-state index in [4.69, 9.17) is 11.6 Å². The number of urea groups is 1. The maximum absolute atomic E-state index is 13.9. The predicted octanol–water partition coefficient (Wildman–Crippen LogP) is 7.52. The molecule has 0 spiro atoms. The highest BCUT2D eigenvalue weighted by Gasteiger charge is 2.36. The first-order valence-electron chi connectivity index (χ1n) is 11.8. The van der Waals surface area contributed by atoms with Gasteiger partial charge in [-0.05, 0) is 80.1 Å². The number of benzene rings is 2. The highest BCUT2D eigenvalue weighted by molar-refractivity contribution is 7.15. The van der Waals surface area contributed by atoms with Gasteiger partial charge in [0.25, 0.3) is 0 Å². The van der Waals surface area contributed by atoms with Crippen LogP contribution in [0.25, 0.3) is 5.00 Å². The SMILES string of the molecule is Cc1ccc([C@@H]2c3cccn3-c3sc4c(c3CN2C(=O)Nc2ccc(Cl)cc2)CCCC4)cc1. The molecule has 0 unspecified atom stereocenters. The van der Waals surface area contributed by atoms with Crippen molar-refractivity contribution in [3.63, 3.8) is 0 Å². The first-order chi connectivity index (χ1) is 16.6. The molecule has 2 amide bonds. The lowest BCUT2D eigenvalue weighted by Gasteiger charge is -2.31. The highest BCUT2D eigenvalue weighted by atomic mass is 35.5. The van der Waals surface area contributed by atoms with Crippen molar-refractivity contribution in [2.45, 2.75) is 45.2 Å². The summed E-state index contributed by atoms with van der Waals surface area (Å²) in [5, 5.41) is 5.05. The number of fused-ring (bicyclic) bond motifs is 5. The number of aromatic nitrogens is 1. The quantitative estimate of drug-likeness (QED) is 0.312. The Balaban J connectivity index is 1.49. The number of hydrogen-bond acceptors (Lipinski definition) is 2. The molecule has 4 nitrogen and oxygen atoms in total. The Morgan fingerprint density at radius 3 is 2.56 bits per heavy atom. The highest BCUT2D eigenvalue weighted by Crippen LogP contribution is 2.44. The van der Waals surface area contributed by atoms with Crippen LogP contribution in [0, 0.1) is 6.92 Å². The van der Waals surface area contributed by atoms with Crippen LogP contribution in [0.5, 0.6) is 0 Å². The van der Waals surface area contributed by atoms with Crippen LogP contribution in [0.3, 0.4) is 0 Å². The summed E-state index contributed by atoms with van der Waals surface area (Å²) in [5.74, 6) is 0. The first-order valence-corrected chi connectivity index (χ1v) is 13.0. The summed E-state index contributed by atoms with van der Waals surface area (Å²) in [4.78, 5) is 17.4. The van der Waals surface area contributed by atoms with Gasteiger partial charge in [0.15, 0.2) is 0 Å². The molecule has 1 atom stereocenters. The van der Waals surface area contributed by atoms with Gasteiger partial charge >= 0.3 is 6.03 Å². The molecule has 172 valence electrons. The van der Waals surface area contributed by atoms with Gasteiger partial charge < -0.3 is 14.8 Å². The van der Waals surface area contributed by atoms with E-state index in [2.05, 4.69) is 59.4 Å². The second-order valence-electron chi connectivity index (χ2n) is 9.18. The minimum absolute atomic E-state index is 0.107. The number of anilines is 1. The van der Waals surface area contributed by atoms with Crippen molar-refractivity contribution in [1.29, 1.82) is 0 Å². The lowest BCUT2D eigenvalue weighted by Crippen LogP contribution is -2.38. The fourth-order valence-corrected chi connectivity index (χ4v) is 6.74. The van der Waals surface area contributed by atoms with Crippen LogP contribution in [0.15, 0.2) is 66.9 Å². The molecule has 2 aromatic heterocycles. The number of halogens is 1. The van der Waals surface area contributed by atoms with E-state index in [0.717, 1.165) is 29.8 Å². The third-order valence-corrected chi connectivity index (χ3v) is 8.51. The van der Waals surface area contributed by atoms with Gasteiger partial charge in [0.2, 0.25) is 0 Å². The fourth-order valence-electron chi connectivity index (χ4n) is 5.21. The number of carbonyl (C=O) groups is 1. The van der Waals surface area contributed by atoms with Gasteiger partial charge in [-0.2, -0.15) is 0 Å². The molecular weight excluding hydrogens is 462 g/mol. The van der Waals surface area contributed by atoms with Crippen LogP contribution in [0.4, 0.5) is 10.5 Å². The number of aryl methyl sites for hydroxylation is 2. The lowest BCUT2D eigenvalue weighted by molar-refractivity contribution is 0.194. The van der Waals surface area contributed by atoms with Crippen molar-refractivity contribution in [3.05, 3.63) is 105 Å². The molecule has 2 aromatic carbocycles. The molecule has 1 aliphatic carbocycles. The summed E-state index contributed by atoms with van der Waals surface area (Å²) >= 11 is 7.97. The van der Waals surface area contributed by atoms with E-state index in [-0.39, 0.29) is 12.1 Å². The number of carbonyl (C=O) groups excluding carboxylic acids is 1. The average molecular weight is 488 g/mol. The Morgan fingerprint density at radius 1 is 1.00 bits per heavy atom. The van der Waals surface area contributed by atoms with Gasteiger partial charge in [-0.15, -0.1) is 11.3 Å². The number of thiophene rings is 1. The molecule has 0 saturated carbocycles. The number of nitrogens with zero attached hydrogens (tertiary/aromatic N) is 2. The van der Waals surface area contributed by atoms with Gasteiger partial charge in [0.05, 0.1) is 18.3 Å². The fraction of sp³-hybridized carbons (Fsp3) is 0.250. The third kappa shape index (κ3) is 3.73. The smallest absolute Gasteiger partial charge is 0.310 e. The molecule has 1 N–H and O–H groups in total. The normalized spacial score (nSPS) is 16.9. The Hall–Kier alpha value is -3.02. The number of amides is 2. The summed E-state index contributed by atoms with van der Waals surface area (Å²) < 4.78 is 2.32. The van der Waals surface area contributed by atoms with E-state index in [1.54, 1.807) is 12.1 Å². The van der Waals surface area contributed by atoms with Gasteiger partial charge in [0, 0.05) is 27.3 Å². The van der Waals surface area contributed by atoms with Crippen LogP contribution in [0.2, 0.25) is 5.02 Å². The van der Waals surface area contributed by atoms with Gasteiger partial charge in [-0.3, -0.25) is 0 Å². The summed E-state index contributed by atoms with van der Waals surface area (Å²) in [6.07, 6.45) is 6.85. The van der Waals surface area contributed by atoms with E-state index in [1.165, 1.54) is 39.4 Å². The minimum atomic E-state index is -0.193. The maximum Gasteiger partial charge on any atom is 0.322 e. The van der Waals surface area contributed by atoms with Gasteiger partial charge in [-0.25, -0.2) is 4.79 Å². The van der Waals surface area contributed by atoms with E-state index >= 15 is 0 Å². The molecule has 34 heavy (non-hydrogen) atoms. The van der Waals surface area contributed by atoms with E-state index in [9.17, 15) is 4.79 Å². The summed E-state index contributed by atoms with van der Waals surface area (Å²) in [7, 11) is 0. The summed E-state index contributed by atoms with van der Waals surface area (Å²) in [5.41, 5.74) is 6.94. The molecular formula is C28H26ClN3OS. The van der Waals surface area contributed by atoms with Gasteiger partial charge in [-0.1, -0.05) is 41.4 Å². The molecule has 0 saturated heterocycles. The molecule has 1 aliphatic heterocycles. The Labute approximate surface area is 208 Å². The topological polar surface area (TPSA) is 37.3 Å². The van der Waals surface area contributed by atoms with Crippen molar-refractivity contribution < 1.29 is 4.79 Å². The number of nitrogens with one attached hydrogen (secondary N) is 1. The van der Waals surface area contributed by atoms with Crippen molar-refractivity contribution in [2.24, 2.45) is 0 Å². The van der Waals surface area contributed by atoms with Crippen LogP contribution in [0.1, 0.15) is 51.7 Å². The second kappa shape index (κ2) is 8.64. The largest absolute Gasteiger partial charge is 0.322 e. The zero-order chi connectivity index (χ0) is 23.2. The molecule has 4 aromatic rings. The zero-order valence-electron chi connectivity index (χ0n) is 19.1. The van der Waals surface area contributed by atoms with Crippen molar-refractivity contribution in [2.75, 3.05) is 5.32 Å². The average Bonchev–Trinajstić information content (AvgIpc) is 3.43. The van der Waals surface area contributed by atoms with Crippen molar-refractivity contribution in [1.82, 2.24) is 9.47 Å². The minimum Gasteiger partial charge on any atom is -0.310 e. The van der Waals surface area contributed by atoms with Crippen LogP contribution >= 0.6 is 22.9 Å². The maximum atomic E-state index is 13.9. The van der Waals surface area contributed by atoms with Gasteiger partial charge in [0.1, 0.15) is 5.00 Å².